The Hall–Kier alpha value is -1.54. The second-order valence-electron chi connectivity index (χ2n) is 7.09. The van der Waals surface area contributed by atoms with Crippen molar-refractivity contribution in [3.05, 3.63) is 34.4 Å². The van der Waals surface area contributed by atoms with E-state index in [1.54, 1.807) is 0 Å². The van der Waals surface area contributed by atoms with Gasteiger partial charge in [-0.15, -0.1) is 0 Å². The first-order valence-corrected chi connectivity index (χ1v) is 10.2. The summed E-state index contributed by atoms with van der Waals surface area (Å²) in [4.78, 5) is 25.7. The number of ketones is 1. The van der Waals surface area contributed by atoms with E-state index >= 15 is 0 Å². The Morgan fingerprint density at radius 1 is 1.04 bits per heavy atom. The molecule has 0 amide bonds. The van der Waals surface area contributed by atoms with Crippen molar-refractivity contribution in [3.63, 3.8) is 0 Å². The van der Waals surface area contributed by atoms with Crippen molar-refractivity contribution < 1.29 is 18.9 Å². The molecule has 1 rings (SSSR count). The predicted octanol–water partition coefficient (Wildman–Crippen LogP) is 5.75. The molecule has 1 unspecified atom stereocenters. The van der Waals surface area contributed by atoms with Crippen molar-refractivity contribution in [1.82, 2.24) is 0 Å². The summed E-state index contributed by atoms with van der Waals surface area (Å²) in [5, 5.41) is -1.29. The van der Waals surface area contributed by atoms with Crippen LogP contribution in [-0.2, 0) is 14.1 Å². The van der Waals surface area contributed by atoms with Gasteiger partial charge < -0.3 is 4.74 Å². The van der Waals surface area contributed by atoms with Crippen LogP contribution in [-0.4, -0.2) is 23.5 Å². The molecule has 0 bridgehead atoms. The molecular weight excluding hydrogens is 347 g/mol. The molecule has 1 aromatic carbocycles. The van der Waals surface area contributed by atoms with Gasteiger partial charge in [0.05, 0.1) is 6.61 Å². The molecule has 0 spiro atoms. The molecule has 5 heteroatoms. The summed E-state index contributed by atoms with van der Waals surface area (Å²) in [6.45, 7) is 10.1. The largest absolute Gasteiger partial charge is 0.465 e. The Kier molecular flexibility index (Phi) is 9.15. The van der Waals surface area contributed by atoms with Crippen LogP contribution in [0, 0.1) is 20.8 Å². The van der Waals surface area contributed by atoms with Gasteiger partial charge in [-0.3, -0.25) is 14.2 Å². The second-order valence-corrected chi connectivity index (χ2v) is 8.13. The molecule has 4 nitrogen and oxygen atoms in total. The average Bonchev–Trinajstić information content (AvgIpc) is 2.57. The van der Waals surface area contributed by atoms with Gasteiger partial charge in [0.2, 0.25) is 0 Å². The van der Waals surface area contributed by atoms with Gasteiger partial charge in [0.1, 0.15) is 0 Å². The lowest BCUT2D eigenvalue weighted by Gasteiger charge is -2.25. The van der Waals surface area contributed by atoms with E-state index in [-0.39, 0.29) is 20.7 Å². The van der Waals surface area contributed by atoms with Gasteiger partial charge in [0.25, 0.3) is 0 Å². The van der Waals surface area contributed by atoms with Gasteiger partial charge in [-0.25, -0.2) is 0 Å². The maximum absolute atomic E-state index is 13.0. The minimum absolute atomic E-state index is 0.0895. The Bertz CT molecular complexity index is 630. The molecular formula is C21H31O4P. The first-order valence-electron chi connectivity index (χ1n) is 9.44. The first-order chi connectivity index (χ1) is 12.3. The maximum atomic E-state index is 13.0. The molecule has 0 N–H and O–H groups in total. The number of unbranched alkanes of at least 4 members (excludes halogenated alkanes) is 2. The van der Waals surface area contributed by atoms with Crippen LogP contribution in [0.15, 0.2) is 12.1 Å². The molecule has 0 saturated heterocycles. The number of esters is 1. The normalized spacial score (nSPS) is 13.4. The Balaban J connectivity index is 3.13. The maximum Gasteiger partial charge on any atom is 0.324 e. The van der Waals surface area contributed by atoms with Gasteiger partial charge >= 0.3 is 5.97 Å². The van der Waals surface area contributed by atoms with Gasteiger partial charge in [-0.2, -0.15) is 0 Å². The van der Waals surface area contributed by atoms with Gasteiger partial charge in [-0.05, 0) is 44.7 Å². The molecule has 1 atom stereocenters. The minimum Gasteiger partial charge on any atom is -0.465 e. The SMILES string of the molecule is CCCCOC(=O)C(CCCC)(CC(=O)c1c(C)cc(C)cc1C)P=O. The van der Waals surface area contributed by atoms with E-state index in [1.807, 2.05) is 46.8 Å². The van der Waals surface area contributed by atoms with Crippen molar-refractivity contribution in [2.24, 2.45) is 0 Å². The van der Waals surface area contributed by atoms with Crippen molar-refractivity contribution in [1.29, 1.82) is 0 Å². The monoisotopic (exact) mass is 378 g/mol. The number of hydrogen-bond donors (Lipinski definition) is 0. The number of ether oxygens (including phenoxy) is 1. The zero-order chi connectivity index (χ0) is 19.7. The molecule has 0 aromatic heterocycles. The van der Waals surface area contributed by atoms with Gasteiger partial charge in [-0.1, -0.05) is 50.8 Å². The van der Waals surface area contributed by atoms with Crippen LogP contribution in [0.3, 0.4) is 0 Å². The second kappa shape index (κ2) is 10.6. The van der Waals surface area contributed by atoms with Crippen molar-refractivity contribution >= 4 is 20.2 Å². The van der Waals surface area contributed by atoms with Crippen LogP contribution in [0.1, 0.15) is 79.4 Å². The molecule has 0 heterocycles. The number of aryl methyl sites for hydroxylation is 3. The van der Waals surface area contributed by atoms with Crippen LogP contribution in [0.5, 0.6) is 0 Å². The predicted molar refractivity (Wildman–Crippen MR) is 105 cm³/mol. The van der Waals surface area contributed by atoms with E-state index in [0.29, 0.717) is 18.6 Å². The lowest BCUT2D eigenvalue weighted by atomic mass is 9.88. The van der Waals surface area contributed by atoms with Gasteiger partial charge in [0, 0.05) is 12.0 Å². The summed E-state index contributed by atoms with van der Waals surface area (Å²) >= 11 is 0. The van der Waals surface area contributed by atoms with E-state index in [0.717, 1.165) is 42.4 Å². The molecule has 1 aromatic rings. The van der Waals surface area contributed by atoms with Crippen LogP contribution >= 0.6 is 8.46 Å². The fourth-order valence-electron chi connectivity index (χ4n) is 3.26. The smallest absolute Gasteiger partial charge is 0.324 e. The minimum atomic E-state index is -1.29. The molecule has 0 aliphatic rings. The van der Waals surface area contributed by atoms with Crippen LogP contribution in [0.2, 0.25) is 0 Å². The van der Waals surface area contributed by atoms with Crippen molar-refractivity contribution in [2.45, 2.75) is 78.3 Å². The summed E-state index contributed by atoms with van der Waals surface area (Å²) < 4.78 is 17.4. The molecule has 0 fully saturated rings. The topological polar surface area (TPSA) is 60.4 Å². The zero-order valence-electron chi connectivity index (χ0n) is 16.7. The van der Waals surface area contributed by atoms with Crippen molar-refractivity contribution in [3.8, 4) is 0 Å². The average molecular weight is 378 g/mol. The summed E-state index contributed by atoms with van der Waals surface area (Å²) in [5.41, 5.74) is 3.49. The van der Waals surface area contributed by atoms with E-state index in [9.17, 15) is 14.2 Å². The highest BCUT2D eigenvalue weighted by molar-refractivity contribution is 7.28. The summed E-state index contributed by atoms with van der Waals surface area (Å²) in [6.07, 6.45) is 3.54. The van der Waals surface area contributed by atoms with Crippen LogP contribution in [0.4, 0.5) is 0 Å². The highest BCUT2D eigenvalue weighted by atomic mass is 31.1. The molecule has 0 saturated carbocycles. The third-order valence-electron chi connectivity index (χ3n) is 4.64. The lowest BCUT2D eigenvalue weighted by molar-refractivity contribution is -0.147. The van der Waals surface area contributed by atoms with E-state index in [1.165, 1.54) is 0 Å². The number of benzene rings is 1. The number of hydrogen-bond acceptors (Lipinski definition) is 4. The number of carbonyl (C=O) groups excluding carboxylic acids is 2. The molecule has 144 valence electrons. The summed E-state index contributed by atoms with van der Waals surface area (Å²) in [6, 6.07) is 3.92. The number of Topliss-reactive ketones (excluding diaryl/α,β-unsaturated/α-hetero) is 1. The summed E-state index contributed by atoms with van der Waals surface area (Å²) in [7, 11) is -0.340. The van der Waals surface area contributed by atoms with Crippen LogP contribution < -0.4 is 0 Å². The number of carbonyl (C=O) groups is 2. The highest BCUT2D eigenvalue weighted by Crippen LogP contribution is 2.36. The van der Waals surface area contributed by atoms with Crippen LogP contribution in [0.25, 0.3) is 0 Å². The standard InChI is InChI=1S/C21H31O4P/c1-6-8-10-21(26-24,20(23)25-11-9-7-2)14-18(22)19-16(4)12-15(3)13-17(19)5/h12-13H,6-11,14H2,1-5H3. The quantitative estimate of drug-likeness (QED) is 0.213. The van der Waals surface area contributed by atoms with E-state index in [2.05, 4.69) is 0 Å². The third kappa shape index (κ3) is 5.74. The number of rotatable bonds is 11. The fourth-order valence-corrected chi connectivity index (χ4v) is 3.86. The first kappa shape index (κ1) is 22.5. The zero-order valence-corrected chi connectivity index (χ0v) is 17.6. The highest BCUT2D eigenvalue weighted by Gasteiger charge is 2.43. The van der Waals surface area contributed by atoms with E-state index < -0.39 is 11.1 Å². The van der Waals surface area contributed by atoms with Gasteiger partial charge in [0.15, 0.2) is 19.4 Å². The molecule has 26 heavy (non-hydrogen) atoms. The summed E-state index contributed by atoms with van der Waals surface area (Å²) in [5.74, 6) is -0.668. The third-order valence-corrected chi connectivity index (χ3v) is 5.55. The molecule has 0 aliphatic carbocycles. The Morgan fingerprint density at radius 2 is 1.62 bits per heavy atom. The molecule has 0 radical (unpaired) electrons. The lowest BCUT2D eigenvalue weighted by Crippen LogP contribution is -2.37. The van der Waals surface area contributed by atoms with Crippen molar-refractivity contribution in [2.75, 3.05) is 6.61 Å². The Labute approximate surface area is 158 Å². The molecule has 0 aliphatic heterocycles. The Morgan fingerprint density at radius 3 is 2.12 bits per heavy atom. The van der Waals surface area contributed by atoms with E-state index in [4.69, 9.17) is 4.74 Å². The fraction of sp³-hybridized carbons (Fsp3) is 0.619.